The SMILES string of the molecule is C=CCNC(=O)NCCc1ccccc1OC. The smallest absolute Gasteiger partial charge is 0.315 e. The van der Waals surface area contributed by atoms with E-state index in [4.69, 9.17) is 4.74 Å². The van der Waals surface area contributed by atoms with Crippen LogP contribution in [-0.2, 0) is 6.42 Å². The molecule has 92 valence electrons. The molecule has 0 fully saturated rings. The Labute approximate surface area is 102 Å². The first-order valence-corrected chi connectivity index (χ1v) is 5.52. The van der Waals surface area contributed by atoms with E-state index in [1.807, 2.05) is 24.3 Å². The van der Waals surface area contributed by atoms with Gasteiger partial charge in [0.05, 0.1) is 7.11 Å². The Balaban J connectivity index is 2.35. The van der Waals surface area contributed by atoms with Crippen molar-refractivity contribution in [3.63, 3.8) is 0 Å². The van der Waals surface area contributed by atoms with Crippen molar-refractivity contribution in [2.24, 2.45) is 0 Å². The van der Waals surface area contributed by atoms with Crippen LogP contribution in [0.25, 0.3) is 0 Å². The number of amides is 2. The third-order valence-electron chi connectivity index (χ3n) is 2.28. The molecule has 0 atom stereocenters. The molecular formula is C13H18N2O2. The number of benzene rings is 1. The molecule has 4 nitrogen and oxygen atoms in total. The number of hydrogen-bond acceptors (Lipinski definition) is 2. The summed E-state index contributed by atoms with van der Waals surface area (Å²) in [6.45, 7) is 4.57. The summed E-state index contributed by atoms with van der Waals surface area (Å²) in [5.74, 6) is 0.848. The second kappa shape index (κ2) is 7.33. The van der Waals surface area contributed by atoms with E-state index in [1.54, 1.807) is 13.2 Å². The van der Waals surface area contributed by atoms with Crippen LogP contribution in [0.1, 0.15) is 5.56 Å². The van der Waals surface area contributed by atoms with Crippen molar-refractivity contribution in [1.29, 1.82) is 0 Å². The maximum atomic E-state index is 11.2. The fraction of sp³-hybridized carbons (Fsp3) is 0.308. The van der Waals surface area contributed by atoms with Crippen LogP contribution in [0.5, 0.6) is 5.75 Å². The van der Waals surface area contributed by atoms with Crippen LogP contribution in [0.3, 0.4) is 0 Å². The molecule has 0 aliphatic rings. The summed E-state index contributed by atoms with van der Waals surface area (Å²) < 4.78 is 5.23. The number of carbonyl (C=O) groups excluding carboxylic acids is 1. The zero-order chi connectivity index (χ0) is 12.5. The number of para-hydroxylation sites is 1. The van der Waals surface area contributed by atoms with Gasteiger partial charge in [-0.3, -0.25) is 0 Å². The highest BCUT2D eigenvalue weighted by molar-refractivity contribution is 5.73. The van der Waals surface area contributed by atoms with Gasteiger partial charge in [0.1, 0.15) is 5.75 Å². The number of nitrogens with one attached hydrogen (secondary N) is 2. The fourth-order valence-electron chi connectivity index (χ4n) is 1.45. The highest BCUT2D eigenvalue weighted by Crippen LogP contribution is 2.16. The average molecular weight is 234 g/mol. The molecule has 0 aliphatic heterocycles. The molecule has 1 aromatic carbocycles. The van der Waals surface area contributed by atoms with Gasteiger partial charge in [-0.25, -0.2) is 4.79 Å². The molecule has 0 heterocycles. The lowest BCUT2D eigenvalue weighted by Crippen LogP contribution is -2.36. The fourth-order valence-corrected chi connectivity index (χ4v) is 1.45. The molecule has 0 saturated heterocycles. The zero-order valence-corrected chi connectivity index (χ0v) is 10.0. The minimum atomic E-state index is -0.181. The molecule has 0 radical (unpaired) electrons. The van der Waals surface area contributed by atoms with E-state index in [0.717, 1.165) is 17.7 Å². The largest absolute Gasteiger partial charge is 0.496 e. The van der Waals surface area contributed by atoms with Crippen LogP contribution in [0, 0.1) is 0 Å². The Morgan fingerprint density at radius 3 is 2.88 bits per heavy atom. The summed E-state index contributed by atoms with van der Waals surface area (Å²) >= 11 is 0. The number of hydrogen-bond donors (Lipinski definition) is 2. The van der Waals surface area contributed by atoms with Crippen LogP contribution < -0.4 is 15.4 Å². The van der Waals surface area contributed by atoms with Crippen molar-refractivity contribution in [2.75, 3.05) is 20.2 Å². The first-order chi connectivity index (χ1) is 8.27. The summed E-state index contributed by atoms with van der Waals surface area (Å²) in [6.07, 6.45) is 2.38. The summed E-state index contributed by atoms with van der Waals surface area (Å²) in [7, 11) is 1.64. The molecular weight excluding hydrogens is 216 g/mol. The quantitative estimate of drug-likeness (QED) is 0.736. The van der Waals surface area contributed by atoms with Crippen molar-refractivity contribution < 1.29 is 9.53 Å². The van der Waals surface area contributed by atoms with E-state index in [9.17, 15) is 4.79 Å². The molecule has 0 spiro atoms. The van der Waals surface area contributed by atoms with Gasteiger partial charge in [0, 0.05) is 13.1 Å². The first kappa shape index (κ1) is 13.1. The predicted molar refractivity (Wildman–Crippen MR) is 68.3 cm³/mol. The van der Waals surface area contributed by atoms with Gasteiger partial charge in [0.15, 0.2) is 0 Å². The van der Waals surface area contributed by atoms with Crippen molar-refractivity contribution in [3.8, 4) is 5.75 Å². The van der Waals surface area contributed by atoms with Crippen molar-refractivity contribution in [2.45, 2.75) is 6.42 Å². The van der Waals surface area contributed by atoms with Gasteiger partial charge in [0.25, 0.3) is 0 Å². The minimum Gasteiger partial charge on any atom is -0.496 e. The second-order valence-corrected chi connectivity index (χ2v) is 3.49. The predicted octanol–water partition coefficient (Wildman–Crippen LogP) is 1.72. The Bertz CT molecular complexity index is 377. The highest BCUT2D eigenvalue weighted by atomic mass is 16.5. The summed E-state index contributed by atoms with van der Waals surface area (Å²) in [5.41, 5.74) is 1.08. The number of rotatable bonds is 6. The maximum absolute atomic E-state index is 11.2. The van der Waals surface area contributed by atoms with E-state index >= 15 is 0 Å². The Hall–Kier alpha value is -1.97. The maximum Gasteiger partial charge on any atom is 0.315 e. The standard InChI is InChI=1S/C13H18N2O2/c1-3-9-14-13(16)15-10-8-11-6-4-5-7-12(11)17-2/h3-7H,1,8-10H2,2H3,(H2,14,15,16). The van der Waals surface area contributed by atoms with Crippen LogP contribution >= 0.6 is 0 Å². The molecule has 0 aromatic heterocycles. The third-order valence-corrected chi connectivity index (χ3v) is 2.28. The molecule has 4 heteroatoms. The number of urea groups is 1. The highest BCUT2D eigenvalue weighted by Gasteiger charge is 2.02. The molecule has 0 saturated carbocycles. The summed E-state index contributed by atoms with van der Waals surface area (Å²) in [4.78, 5) is 11.2. The van der Waals surface area contributed by atoms with Crippen LogP contribution in [-0.4, -0.2) is 26.2 Å². The van der Waals surface area contributed by atoms with E-state index in [2.05, 4.69) is 17.2 Å². The van der Waals surface area contributed by atoms with E-state index < -0.39 is 0 Å². The Kier molecular flexibility index (Phi) is 5.64. The monoisotopic (exact) mass is 234 g/mol. The van der Waals surface area contributed by atoms with Crippen molar-refractivity contribution in [3.05, 3.63) is 42.5 Å². The number of methoxy groups -OCH3 is 1. The van der Waals surface area contributed by atoms with Gasteiger partial charge in [-0.05, 0) is 18.1 Å². The van der Waals surface area contributed by atoms with Gasteiger partial charge < -0.3 is 15.4 Å². The second-order valence-electron chi connectivity index (χ2n) is 3.49. The van der Waals surface area contributed by atoms with Gasteiger partial charge >= 0.3 is 6.03 Å². The normalized spacial score (nSPS) is 9.47. The topological polar surface area (TPSA) is 50.4 Å². The lowest BCUT2D eigenvalue weighted by Gasteiger charge is -2.09. The van der Waals surface area contributed by atoms with Gasteiger partial charge in [-0.1, -0.05) is 24.3 Å². The van der Waals surface area contributed by atoms with Crippen LogP contribution in [0.15, 0.2) is 36.9 Å². The molecule has 17 heavy (non-hydrogen) atoms. The van der Waals surface area contributed by atoms with E-state index in [0.29, 0.717) is 13.1 Å². The summed E-state index contributed by atoms with van der Waals surface area (Å²) in [6, 6.07) is 7.59. The Morgan fingerprint density at radius 2 is 2.18 bits per heavy atom. The molecule has 0 bridgehead atoms. The van der Waals surface area contributed by atoms with Gasteiger partial charge in [-0.2, -0.15) is 0 Å². The van der Waals surface area contributed by atoms with Crippen LogP contribution in [0.4, 0.5) is 4.79 Å². The first-order valence-electron chi connectivity index (χ1n) is 5.52. The zero-order valence-electron chi connectivity index (χ0n) is 10.0. The average Bonchev–Trinajstić information content (AvgIpc) is 2.37. The number of ether oxygens (including phenoxy) is 1. The molecule has 1 rings (SSSR count). The van der Waals surface area contributed by atoms with E-state index in [-0.39, 0.29) is 6.03 Å². The Morgan fingerprint density at radius 1 is 1.41 bits per heavy atom. The lowest BCUT2D eigenvalue weighted by molar-refractivity contribution is 0.242. The molecule has 0 unspecified atom stereocenters. The van der Waals surface area contributed by atoms with Gasteiger partial charge in [0.2, 0.25) is 0 Å². The minimum absolute atomic E-state index is 0.181. The molecule has 2 N–H and O–H groups in total. The molecule has 1 aromatic rings. The number of carbonyl (C=O) groups is 1. The van der Waals surface area contributed by atoms with Crippen molar-refractivity contribution in [1.82, 2.24) is 10.6 Å². The van der Waals surface area contributed by atoms with E-state index in [1.165, 1.54) is 0 Å². The van der Waals surface area contributed by atoms with Gasteiger partial charge in [-0.15, -0.1) is 6.58 Å². The lowest BCUT2D eigenvalue weighted by atomic mass is 10.1. The van der Waals surface area contributed by atoms with Crippen LogP contribution in [0.2, 0.25) is 0 Å². The molecule has 0 aliphatic carbocycles. The summed E-state index contributed by atoms with van der Waals surface area (Å²) in [5, 5.41) is 5.41. The molecule has 2 amide bonds. The third kappa shape index (κ3) is 4.59. The van der Waals surface area contributed by atoms with Crippen molar-refractivity contribution >= 4 is 6.03 Å².